The molecule has 0 aromatic heterocycles. The molecule has 3 unspecified atom stereocenters. The van der Waals surface area contributed by atoms with Crippen LogP contribution in [-0.4, -0.2) is 13.1 Å². The molecule has 0 radical (unpaired) electrons. The van der Waals surface area contributed by atoms with Gasteiger partial charge in [-0.15, -0.1) is 0 Å². The van der Waals surface area contributed by atoms with Crippen molar-refractivity contribution >= 4 is 0 Å². The van der Waals surface area contributed by atoms with Gasteiger partial charge in [0.05, 0.1) is 0 Å². The molecule has 112 valence electrons. The molecule has 1 aromatic carbocycles. The molecule has 1 aliphatic rings. The Morgan fingerprint density at radius 3 is 2.40 bits per heavy atom. The third-order valence-corrected chi connectivity index (χ3v) is 4.65. The Balaban J connectivity index is 2.20. The monoisotopic (exact) mass is 281 g/mol. The SMILES string of the molecule is CCNCC1CCC(CC)CC1c1cc(F)cc(F)c1. The van der Waals surface area contributed by atoms with E-state index in [-0.39, 0.29) is 5.92 Å². The van der Waals surface area contributed by atoms with Gasteiger partial charge in [0.15, 0.2) is 0 Å². The van der Waals surface area contributed by atoms with Crippen LogP contribution in [0.1, 0.15) is 51.0 Å². The minimum Gasteiger partial charge on any atom is -0.317 e. The van der Waals surface area contributed by atoms with Crippen LogP contribution in [0.5, 0.6) is 0 Å². The highest BCUT2D eigenvalue weighted by Crippen LogP contribution is 2.41. The predicted molar refractivity (Wildman–Crippen MR) is 78.8 cm³/mol. The van der Waals surface area contributed by atoms with Gasteiger partial charge in [-0.25, -0.2) is 8.78 Å². The van der Waals surface area contributed by atoms with E-state index in [0.717, 1.165) is 44.0 Å². The van der Waals surface area contributed by atoms with E-state index >= 15 is 0 Å². The standard InChI is InChI=1S/C17H25F2N/c1-3-12-5-6-13(11-20-4-2)17(7-12)14-8-15(18)10-16(19)9-14/h8-10,12-13,17,20H,3-7,11H2,1-2H3. The van der Waals surface area contributed by atoms with Crippen LogP contribution in [0.25, 0.3) is 0 Å². The summed E-state index contributed by atoms with van der Waals surface area (Å²) in [6.45, 7) is 6.18. The quantitative estimate of drug-likeness (QED) is 0.839. The second-order valence-corrected chi connectivity index (χ2v) is 5.96. The zero-order valence-electron chi connectivity index (χ0n) is 12.5. The third kappa shape index (κ3) is 3.78. The van der Waals surface area contributed by atoms with Crippen LogP contribution in [0, 0.1) is 23.5 Å². The fourth-order valence-electron chi connectivity index (χ4n) is 3.46. The van der Waals surface area contributed by atoms with Crippen molar-refractivity contribution in [2.45, 2.75) is 45.4 Å². The molecule has 1 fully saturated rings. The molecule has 3 heteroatoms. The third-order valence-electron chi connectivity index (χ3n) is 4.65. The molecular formula is C17H25F2N. The zero-order chi connectivity index (χ0) is 14.5. The average Bonchev–Trinajstić information content (AvgIpc) is 2.44. The molecule has 0 amide bonds. The van der Waals surface area contributed by atoms with E-state index in [1.165, 1.54) is 18.6 Å². The maximum Gasteiger partial charge on any atom is 0.126 e. The van der Waals surface area contributed by atoms with Crippen LogP contribution < -0.4 is 5.32 Å². The highest BCUT2D eigenvalue weighted by molar-refractivity contribution is 5.23. The van der Waals surface area contributed by atoms with Crippen molar-refractivity contribution < 1.29 is 8.78 Å². The lowest BCUT2D eigenvalue weighted by Crippen LogP contribution is -2.32. The molecule has 1 aliphatic carbocycles. The highest BCUT2D eigenvalue weighted by Gasteiger charge is 2.31. The molecule has 2 rings (SSSR count). The van der Waals surface area contributed by atoms with Crippen molar-refractivity contribution in [3.63, 3.8) is 0 Å². The fourth-order valence-corrected chi connectivity index (χ4v) is 3.46. The number of nitrogens with one attached hydrogen (secondary N) is 1. The summed E-state index contributed by atoms with van der Waals surface area (Å²) in [5.74, 6) is 0.530. The van der Waals surface area contributed by atoms with Gasteiger partial charge >= 0.3 is 0 Å². The minimum absolute atomic E-state index is 0.276. The Hall–Kier alpha value is -0.960. The molecule has 1 nitrogen and oxygen atoms in total. The van der Waals surface area contributed by atoms with Crippen LogP contribution in [0.15, 0.2) is 18.2 Å². The first-order valence-electron chi connectivity index (χ1n) is 7.80. The maximum absolute atomic E-state index is 13.5. The lowest BCUT2D eigenvalue weighted by atomic mass is 9.70. The van der Waals surface area contributed by atoms with Crippen molar-refractivity contribution in [1.29, 1.82) is 0 Å². The first-order valence-corrected chi connectivity index (χ1v) is 7.80. The molecule has 0 heterocycles. The molecule has 3 atom stereocenters. The molecule has 1 aromatic rings. The van der Waals surface area contributed by atoms with Crippen LogP contribution in [0.4, 0.5) is 8.78 Å². The summed E-state index contributed by atoms with van der Waals surface area (Å²) < 4.78 is 27.0. The Kier molecular flexibility index (Phi) is 5.53. The Morgan fingerprint density at radius 2 is 1.80 bits per heavy atom. The first kappa shape index (κ1) is 15.4. The first-order chi connectivity index (χ1) is 9.63. The number of hydrogen-bond acceptors (Lipinski definition) is 1. The van der Waals surface area contributed by atoms with Crippen LogP contribution in [0.2, 0.25) is 0 Å². The largest absolute Gasteiger partial charge is 0.317 e. The smallest absolute Gasteiger partial charge is 0.126 e. The second kappa shape index (κ2) is 7.16. The van der Waals surface area contributed by atoms with E-state index in [0.29, 0.717) is 11.8 Å². The fraction of sp³-hybridized carbons (Fsp3) is 0.647. The van der Waals surface area contributed by atoms with Gasteiger partial charge in [0.1, 0.15) is 11.6 Å². The van der Waals surface area contributed by atoms with E-state index in [4.69, 9.17) is 0 Å². The van der Waals surface area contributed by atoms with E-state index in [2.05, 4.69) is 19.2 Å². The Morgan fingerprint density at radius 1 is 1.10 bits per heavy atom. The zero-order valence-corrected chi connectivity index (χ0v) is 12.5. The van der Waals surface area contributed by atoms with Crippen molar-refractivity contribution in [1.82, 2.24) is 5.32 Å². The van der Waals surface area contributed by atoms with E-state index in [9.17, 15) is 8.78 Å². The van der Waals surface area contributed by atoms with Gasteiger partial charge in [-0.1, -0.05) is 26.7 Å². The number of benzene rings is 1. The van der Waals surface area contributed by atoms with Crippen LogP contribution >= 0.6 is 0 Å². The predicted octanol–water partition coefficient (Wildman–Crippen LogP) is 4.48. The van der Waals surface area contributed by atoms with Gasteiger partial charge in [-0.3, -0.25) is 0 Å². The summed E-state index contributed by atoms with van der Waals surface area (Å²) in [6.07, 6.45) is 4.59. The molecule has 20 heavy (non-hydrogen) atoms. The average molecular weight is 281 g/mol. The molecule has 1 saturated carbocycles. The summed E-state index contributed by atoms with van der Waals surface area (Å²) in [4.78, 5) is 0. The topological polar surface area (TPSA) is 12.0 Å². The summed E-state index contributed by atoms with van der Waals surface area (Å²) in [7, 11) is 0. The molecular weight excluding hydrogens is 256 g/mol. The molecule has 0 bridgehead atoms. The second-order valence-electron chi connectivity index (χ2n) is 5.96. The van der Waals surface area contributed by atoms with Gasteiger partial charge in [0, 0.05) is 6.07 Å². The summed E-state index contributed by atoms with van der Waals surface area (Å²) in [5, 5.41) is 3.39. The van der Waals surface area contributed by atoms with Crippen LogP contribution in [-0.2, 0) is 0 Å². The summed E-state index contributed by atoms with van der Waals surface area (Å²) >= 11 is 0. The van der Waals surface area contributed by atoms with Crippen molar-refractivity contribution in [2.75, 3.05) is 13.1 Å². The van der Waals surface area contributed by atoms with E-state index < -0.39 is 11.6 Å². The molecule has 0 saturated heterocycles. The van der Waals surface area contributed by atoms with Gasteiger partial charge in [0.2, 0.25) is 0 Å². The van der Waals surface area contributed by atoms with Gasteiger partial charge in [-0.2, -0.15) is 0 Å². The molecule has 0 aliphatic heterocycles. The summed E-state index contributed by atoms with van der Waals surface area (Å²) in [5.41, 5.74) is 0.837. The maximum atomic E-state index is 13.5. The van der Waals surface area contributed by atoms with E-state index in [1.807, 2.05) is 0 Å². The Labute approximate surface area is 120 Å². The normalized spacial score (nSPS) is 26.7. The van der Waals surface area contributed by atoms with E-state index in [1.54, 1.807) is 0 Å². The van der Waals surface area contributed by atoms with Crippen molar-refractivity contribution in [2.24, 2.45) is 11.8 Å². The molecule has 1 N–H and O–H groups in total. The summed E-state index contributed by atoms with van der Waals surface area (Å²) in [6, 6.07) is 4.00. The minimum atomic E-state index is -0.458. The number of halogens is 2. The van der Waals surface area contributed by atoms with Gasteiger partial charge < -0.3 is 5.32 Å². The number of hydrogen-bond donors (Lipinski definition) is 1. The van der Waals surface area contributed by atoms with Crippen LogP contribution in [0.3, 0.4) is 0 Å². The van der Waals surface area contributed by atoms with Crippen molar-refractivity contribution in [3.05, 3.63) is 35.4 Å². The highest BCUT2D eigenvalue weighted by atomic mass is 19.1. The number of rotatable bonds is 5. The molecule has 0 spiro atoms. The lowest BCUT2D eigenvalue weighted by Gasteiger charge is -2.36. The van der Waals surface area contributed by atoms with Crippen molar-refractivity contribution in [3.8, 4) is 0 Å². The Bertz CT molecular complexity index is 413. The van der Waals surface area contributed by atoms with Gasteiger partial charge in [0.25, 0.3) is 0 Å². The van der Waals surface area contributed by atoms with Gasteiger partial charge in [-0.05, 0) is 61.4 Å². The lowest BCUT2D eigenvalue weighted by molar-refractivity contribution is 0.226.